The van der Waals surface area contributed by atoms with E-state index in [9.17, 15) is 14.4 Å². The van der Waals surface area contributed by atoms with Crippen molar-refractivity contribution in [3.8, 4) is 5.88 Å². The van der Waals surface area contributed by atoms with Crippen LogP contribution in [0.1, 0.15) is 6.92 Å². The van der Waals surface area contributed by atoms with Crippen LogP contribution in [0, 0.1) is 0 Å². The van der Waals surface area contributed by atoms with E-state index in [1.165, 1.54) is 13.0 Å². The van der Waals surface area contributed by atoms with E-state index in [0.717, 1.165) is 10.9 Å². The molecule has 0 aliphatic rings. The van der Waals surface area contributed by atoms with Crippen molar-refractivity contribution in [2.24, 2.45) is 5.73 Å². The van der Waals surface area contributed by atoms with E-state index < -0.39 is 17.7 Å². The average Bonchev–Trinajstić information content (AvgIpc) is 2.21. The number of esters is 1. The molecule has 0 radical (unpaired) electrons. The van der Waals surface area contributed by atoms with Crippen LogP contribution in [0.4, 0.5) is 4.79 Å². The van der Waals surface area contributed by atoms with E-state index in [4.69, 9.17) is 10.5 Å². The van der Waals surface area contributed by atoms with Gasteiger partial charge in [-0.2, -0.15) is 4.98 Å². The minimum Gasteiger partial charge on any atom is -0.404 e. The van der Waals surface area contributed by atoms with Gasteiger partial charge in [0.25, 0.3) is 0 Å². The van der Waals surface area contributed by atoms with Crippen molar-refractivity contribution < 1.29 is 14.3 Å². The Bertz CT molecular complexity index is 534. The molecule has 1 aromatic heterocycles. The molecule has 90 valence electrons. The number of nitrogens with two attached hydrogens (primary N) is 1. The second-order valence-electron chi connectivity index (χ2n) is 3.06. The highest BCUT2D eigenvalue weighted by molar-refractivity contribution is 5.88. The monoisotopic (exact) mass is 238 g/mol. The summed E-state index contributed by atoms with van der Waals surface area (Å²) in [4.78, 5) is 36.3. The van der Waals surface area contributed by atoms with Gasteiger partial charge < -0.3 is 10.5 Å². The van der Waals surface area contributed by atoms with Crippen molar-refractivity contribution in [1.29, 1.82) is 0 Å². The Kier molecular flexibility index (Phi) is 3.60. The summed E-state index contributed by atoms with van der Waals surface area (Å²) < 4.78 is 5.46. The molecule has 1 rings (SSSR count). The maximum Gasteiger partial charge on any atom is 0.369 e. The number of hydrogen-bond donors (Lipinski definition) is 2. The van der Waals surface area contributed by atoms with Crippen molar-refractivity contribution in [2.75, 3.05) is 5.43 Å². The Labute approximate surface area is 95.7 Å². The Balaban J connectivity index is 2.89. The van der Waals surface area contributed by atoms with Crippen molar-refractivity contribution in [3.63, 3.8) is 0 Å². The van der Waals surface area contributed by atoms with Crippen LogP contribution in [0.15, 0.2) is 29.2 Å². The zero-order valence-electron chi connectivity index (χ0n) is 8.97. The molecule has 0 atom stereocenters. The van der Waals surface area contributed by atoms with Crippen molar-refractivity contribution in [3.05, 3.63) is 34.9 Å². The molecule has 8 nitrogen and oxygen atoms in total. The number of primary amides is 1. The van der Waals surface area contributed by atoms with Crippen LogP contribution in [0.2, 0.25) is 0 Å². The van der Waals surface area contributed by atoms with Gasteiger partial charge >= 0.3 is 17.7 Å². The topological polar surface area (TPSA) is 116 Å². The van der Waals surface area contributed by atoms with Crippen LogP contribution in [0.5, 0.6) is 5.88 Å². The predicted molar refractivity (Wildman–Crippen MR) is 57.9 cm³/mol. The van der Waals surface area contributed by atoms with Gasteiger partial charge in [0.15, 0.2) is 0 Å². The first-order valence-corrected chi connectivity index (χ1v) is 4.44. The fourth-order valence-electron chi connectivity index (χ4n) is 0.830. The second-order valence-corrected chi connectivity index (χ2v) is 3.06. The number of nitrogens with one attached hydrogen (secondary N) is 1. The van der Waals surface area contributed by atoms with Gasteiger partial charge in [0.2, 0.25) is 5.88 Å². The van der Waals surface area contributed by atoms with Crippen LogP contribution in [0.25, 0.3) is 0 Å². The van der Waals surface area contributed by atoms with E-state index in [1.807, 2.05) is 5.43 Å². The number of aromatic nitrogens is 2. The molecule has 1 heterocycles. The first-order chi connectivity index (χ1) is 7.90. The second kappa shape index (κ2) is 4.92. The molecule has 3 N–H and O–H groups in total. The molecule has 0 saturated carbocycles. The Morgan fingerprint density at radius 1 is 1.59 bits per heavy atom. The van der Waals surface area contributed by atoms with Gasteiger partial charge in [-0.25, -0.2) is 24.5 Å². The van der Waals surface area contributed by atoms with Crippen molar-refractivity contribution in [2.45, 2.75) is 6.92 Å². The number of amides is 2. The maximum atomic E-state index is 11.3. The Hall–Kier alpha value is -2.64. The number of rotatable bonds is 3. The third-order valence-electron chi connectivity index (χ3n) is 1.55. The fraction of sp³-hybridized carbons (Fsp3) is 0.111. The van der Waals surface area contributed by atoms with Crippen LogP contribution >= 0.6 is 0 Å². The smallest absolute Gasteiger partial charge is 0.369 e. The van der Waals surface area contributed by atoms with E-state index in [2.05, 4.69) is 11.6 Å². The summed E-state index contributed by atoms with van der Waals surface area (Å²) in [5, 5.41) is 0. The summed E-state index contributed by atoms with van der Waals surface area (Å²) in [6.45, 7) is 4.83. The quantitative estimate of drug-likeness (QED) is 0.536. The summed E-state index contributed by atoms with van der Waals surface area (Å²) in [5.41, 5.74) is 6.15. The number of hydrogen-bond acceptors (Lipinski definition) is 5. The molecule has 0 aliphatic carbocycles. The van der Waals surface area contributed by atoms with Crippen molar-refractivity contribution in [1.82, 2.24) is 9.66 Å². The largest absolute Gasteiger partial charge is 0.404 e. The van der Waals surface area contributed by atoms with Crippen LogP contribution in [-0.4, -0.2) is 21.7 Å². The molecule has 8 heteroatoms. The molecule has 0 aromatic carbocycles. The zero-order chi connectivity index (χ0) is 13.0. The third-order valence-corrected chi connectivity index (χ3v) is 1.55. The van der Waals surface area contributed by atoms with E-state index >= 15 is 0 Å². The molecule has 0 saturated heterocycles. The molecule has 0 aliphatic heterocycles. The SMILES string of the molecule is C=C(C)C(=O)Oc1ccn(NC(N)=O)c(=O)n1. The lowest BCUT2D eigenvalue weighted by Gasteiger charge is -2.05. The first-order valence-electron chi connectivity index (χ1n) is 4.44. The zero-order valence-corrected chi connectivity index (χ0v) is 8.97. The van der Waals surface area contributed by atoms with Gasteiger partial charge in [-0.05, 0) is 6.92 Å². The number of carbonyl (C=O) groups excluding carboxylic acids is 2. The molecule has 0 fully saturated rings. The summed E-state index contributed by atoms with van der Waals surface area (Å²) in [6, 6.07) is 0.304. The van der Waals surface area contributed by atoms with E-state index in [-0.39, 0.29) is 11.5 Å². The van der Waals surface area contributed by atoms with Gasteiger partial charge in [-0.15, -0.1) is 0 Å². The highest BCUT2D eigenvalue weighted by atomic mass is 16.5. The van der Waals surface area contributed by atoms with Crippen molar-refractivity contribution >= 4 is 12.0 Å². The molecular formula is C9H10N4O4. The summed E-state index contributed by atoms with van der Waals surface area (Å²) in [7, 11) is 0. The molecule has 17 heavy (non-hydrogen) atoms. The van der Waals surface area contributed by atoms with Crippen LogP contribution in [0.3, 0.4) is 0 Å². The third kappa shape index (κ3) is 3.45. The van der Waals surface area contributed by atoms with E-state index in [1.54, 1.807) is 0 Å². The van der Waals surface area contributed by atoms with Gasteiger partial charge in [-0.3, -0.25) is 0 Å². The molecule has 0 bridgehead atoms. The molecular weight excluding hydrogens is 228 g/mol. The lowest BCUT2D eigenvalue weighted by molar-refractivity contribution is -0.130. The summed E-state index contributed by atoms with van der Waals surface area (Å²) in [5.74, 6) is -0.886. The molecule has 2 amide bonds. The minimum atomic E-state index is -0.916. The first kappa shape index (κ1) is 12.4. The highest BCUT2D eigenvalue weighted by Crippen LogP contribution is 2.03. The highest BCUT2D eigenvalue weighted by Gasteiger charge is 2.08. The normalized spacial score (nSPS) is 9.47. The van der Waals surface area contributed by atoms with Gasteiger partial charge in [0.1, 0.15) is 0 Å². The molecule has 1 aromatic rings. The standard InChI is InChI=1S/C9H10N4O4/c1-5(2)7(14)17-6-3-4-13(9(16)11-6)12-8(10)15/h3-4H,1H2,2H3,(H3,10,12,15). The Morgan fingerprint density at radius 3 is 2.71 bits per heavy atom. The van der Waals surface area contributed by atoms with Gasteiger partial charge in [-0.1, -0.05) is 6.58 Å². The maximum absolute atomic E-state index is 11.3. The summed E-state index contributed by atoms with van der Waals surface area (Å²) >= 11 is 0. The number of urea groups is 1. The lowest BCUT2D eigenvalue weighted by Crippen LogP contribution is -2.37. The number of carbonyl (C=O) groups is 2. The lowest BCUT2D eigenvalue weighted by atomic mass is 10.4. The molecule has 0 spiro atoms. The summed E-state index contributed by atoms with van der Waals surface area (Å²) in [6.07, 6.45) is 1.15. The van der Waals surface area contributed by atoms with Crippen LogP contribution in [-0.2, 0) is 4.79 Å². The average molecular weight is 238 g/mol. The number of nitrogens with zero attached hydrogens (tertiary/aromatic N) is 2. The predicted octanol–water partition coefficient (Wildman–Crippen LogP) is -0.653. The van der Waals surface area contributed by atoms with Gasteiger partial charge in [0, 0.05) is 17.8 Å². The minimum absolute atomic E-state index is 0.172. The van der Waals surface area contributed by atoms with Gasteiger partial charge in [0.05, 0.1) is 0 Å². The Morgan fingerprint density at radius 2 is 2.24 bits per heavy atom. The number of ether oxygens (including phenoxy) is 1. The molecule has 0 unspecified atom stereocenters. The fourth-order valence-corrected chi connectivity index (χ4v) is 0.830. The van der Waals surface area contributed by atoms with Crippen LogP contribution < -0.4 is 21.6 Å². The van der Waals surface area contributed by atoms with E-state index in [0.29, 0.717) is 0 Å².